The third-order valence-electron chi connectivity index (χ3n) is 12.9. The molecule has 294 valence electrons. The lowest BCUT2D eigenvalue weighted by Crippen LogP contribution is -1.98. The first kappa shape index (κ1) is 35.7. The first-order valence-corrected chi connectivity index (χ1v) is 22.4. The van der Waals surface area contributed by atoms with Crippen LogP contribution in [0.15, 0.2) is 231 Å². The summed E-state index contributed by atoms with van der Waals surface area (Å²) in [4.78, 5) is 0. The maximum atomic E-state index is 2.47. The first-order valence-electron chi connectivity index (χ1n) is 21.6. The molecule has 0 fully saturated rings. The quantitative estimate of drug-likeness (QED) is 0.158. The van der Waals surface area contributed by atoms with Crippen molar-refractivity contribution in [3.63, 3.8) is 0 Å². The minimum absolute atomic E-state index is 1.16. The van der Waals surface area contributed by atoms with Gasteiger partial charge in [-0.15, -0.1) is 11.3 Å². The van der Waals surface area contributed by atoms with E-state index in [1.54, 1.807) is 0 Å². The summed E-state index contributed by atoms with van der Waals surface area (Å²) in [6, 6.07) is 84.7. The van der Waals surface area contributed by atoms with E-state index < -0.39 is 0 Å². The lowest BCUT2D eigenvalue weighted by Gasteiger charge is -2.16. The van der Waals surface area contributed by atoms with Gasteiger partial charge in [0.15, 0.2) is 0 Å². The molecular formula is C60H38N2S. The number of thiophene rings is 1. The van der Waals surface area contributed by atoms with E-state index in [1.807, 2.05) is 11.3 Å². The summed E-state index contributed by atoms with van der Waals surface area (Å²) in [7, 11) is 0. The van der Waals surface area contributed by atoms with Gasteiger partial charge in [0, 0.05) is 53.0 Å². The zero-order valence-electron chi connectivity index (χ0n) is 34.2. The minimum atomic E-state index is 1.16. The van der Waals surface area contributed by atoms with Crippen molar-refractivity contribution in [2.45, 2.75) is 0 Å². The van der Waals surface area contributed by atoms with E-state index in [-0.39, 0.29) is 0 Å². The first-order chi connectivity index (χ1) is 31.2. The van der Waals surface area contributed by atoms with Gasteiger partial charge in [0.25, 0.3) is 0 Å². The van der Waals surface area contributed by atoms with Gasteiger partial charge in [0.2, 0.25) is 0 Å². The topological polar surface area (TPSA) is 9.86 Å². The molecule has 0 saturated heterocycles. The fourth-order valence-corrected chi connectivity index (χ4v) is 11.1. The standard InChI is InChI=1S/C60H38N2S/c1-4-15-39(16-5-1)46-23-14-25-57-60(46)52-38-43(29-33-56(52)61(57)45-19-8-3-9-20-45)42-28-32-55-50(36-42)47-21-10-12-24-53(47)62(55)54-31-27-41(35-49(54)40-17-6-2-7-18-40)44-30-34-59-51(37-44)48-22-11-13-26-58(48)63-59/h1-38H. The summed E-state index contributed by atoms with van der Waals surface area (Å²) >= 11 is 1.86. The third kappa shape index (κ3) is 5.71. The number of aromatic nitrogens is 2. The van der Waals surface area contributed by atoms with E-state index in [2.05, 4.69) is 240 Å². The van der Waals surface area contributed by atoms with Crippen molar-refractivity contribution in [2.75, 3.05) is 0 Å². The lowest BCUT2D eigenvalue weighted by atomic mass is 9.96. The number of para-hydroxylation sites is 2. The highest BCUT2D eigenvalue weighted by Gasteiger charge is 2.20. The van der Waals surface area contributed by atoms with Gasteiger partial charge in [-0.05, 0) is 118 Å². The van der Waals surface area contributed by atoms with Gasteiger partial charge in [-0.25, -0.2) is 0 Å². The zero-order valence-corrected chi connectivity index (χ0v) is 35.1. The second-order valence-corrected chi connectivity index (χ2v) is 17.5. The van der Waals surface area contributed by atoms with Gasteiger partial charge in [-0.3, -0.25) is 0 Å². The molecule has 0 unspecified atom stereocenters. The van der Waals surface area contributed by atoms with E-state index in [0.29, 0.717) is 0 Å². The summed E-state index contributed by atoms with van der Waals surface area (Å²) in [5.74, 6) is 0. The molecule has 0 aliphatic carbocycles. The predicted molar refractivity (Wildman–Crippen MR) is 270 cm³/mol. The van der Waals surface area contributed by atoms with Crippen LogP contribution in [0.3, 0.4) is 0 Å². The average Bonchev–Trinajstić information content (AvgIpc) is 4.01. The number of hydrogen-bond acceptors (Lipinski definition) is 1. The Bertz CT molecular complexity index is 3890. The number of benzene rings is 10. The number of nitrogens with zero attached hydrogens (tertiary/aromatic N) is 2. The Balaban J connectivity index is 0.996. The van der Waals surface area contributed by atoms with Gasteiger partial charge in [0.1, 0.15) is 0 Å². The third-order valence-corrected chi connectivity index (χ3v) is 14.1. The van der Waals surface area contributed by atoms with Gasteiger partial charge in [-0.1, -0.05) is 152 Å². The largest absolute Gasteiger partial charge is 0.309 e. The van der Waals surface area contributed by atoms with Crippen molar-refractivity contribution >= 4 is 75.1 Å². The Hall–Kier alpha value is -7.98. The smallest absolute Gasteiger partial charge is 0.0547 e. The zero-order chi connectivity index (χ0) is 41.4. The van der Waals surface area contributed by atoms with Gasteiger partial charge in [-0.2, -0.15) is 0 Å². The Kier molecular flexibility index (Phi) is 8.12. The Morgan fingerprint density at radius 1 is 0.270 bits per heavy atom. The van der Waals surface area contributed by atoms with E-state index in [4.69, 9.17) is 0 Å². The summed E-state index contributed by atoms with van der Waals surface area (Å²) in [5, 5.41) is 7.61. The Labute approximate surface area is 368 Å². The van der Waals surface area contributed by atoms with Crippen LogP contribution in [0.5, 0.6) is 0 Å². The maximum Gasteiger partial charge on any atom is 0.0547 e. The van der Waals surface area contributed by atoms with Crippen LogP contribution in [-0.2, 0) is 0 Å². The van der Waals surface area contributed by atoms with Crippen LogP contribution < -0.4 is 0 Å². The van der Waals surface area contributed by atoms with Crippen LogP contribution in [0.1, 0.15) is 0 Å². The molecule has 0 radical (unpaired) electrons. The van der Waals surface area contributed by atoms with E-state index in [1.165, 1.54) is 108 Å². The van der Waals surface area contributed by atoms with Gasteiger partial charge >= 0.3 is 0 Å². The van der Waals surface area contributed by atoms with Crippen LogP contribution >= 0.6 is 11.3 Å². The highest BCUT2D eigenvalue weighted by Crippen LogP contribution is 2.43. The normalized spacial score (nSPS) is 11.8. The highest BCUT2D eigenvalue weighted by molar-refractivity contribution is 7.25. The SMILES string of the molecule is c1ccc(-c2cc(-c3ccc4sc5ccccc5c4c3)ccc2-n2c3ccccc3c3cc(-c4ccc5c(c4)c4c(-c6ccccc6)cccc4n5-c4ccccc4)ccc32)cc1. The molecule has 10 aromatic carbocycles. The van der Waals surface area contributed by atoms with Crippen LogP contribution in [-0.4, -0.2) is 9.13 Å². The predicted octanol–water partition coefficient (Wildman–Crippen LogP) is 16.9. The molecule has 13 rings (SSSR count). The van der Waals surface area contributed by atoms with Gasteiger partial charge < -0.3 is 9.13 Å². The molecule has 13 aromatic rings. The Morgan fingerprint density at radius 2 is 0.794 bits per heavy atom. The van der Waals surface area contributed by atoms with Crippen molar-refractivity contribution in [2.24, 2.45) is 0 Å². The van der Waals surface area contributed by atoms with Crippen molar-refractivity contribution in [1.29, 1.82) is 0 Å². The highest BCUT2D eigenvalue weighted by atomic mass is 32.1. The summed E-state index contributed by atoms with van der Waals surface area (Å²) in [6.07, 6.45) is 0. The monoisotopic (exact) mass is 818 g/mol. The molecule has 0 aliphatic heterocycles. The molecule has 3 heterocycles. The van der Waals surface area contributed by atoms with Crippen LogP contribution in [0.25, 0.3) is 120 Å². The number of rotatable bonds is 6. The van der Waals surface area contributed by atoms with Crippen molar-refractivity contribution in [3.05, 3.63) is 231 Å². The van der Waals surface area contributed by atoms with E-state index in [0.717, 1.165) is 11.4 Å². The molecule has 0 saturated carbocycles. The van der Waals surface area contributed by atoms with Gasteiger partial charge in [0.05, 0.1) is 27.8 Å². The number of fused-ring (bicyclic) bond motifs is 9. The molecule has 3 heteroatoms. The second kappa shape index (κ2) is 14.3. The molecule has 2 nitrogen and oxygen atoms in total. The average molecular weight is 819 g/mol. The second-order valence-electron chi connectivity index (χ2n) is 16.5. The minimum Gasteiger partial charge on any atom is -0.309 e. The fourth-order valence-electron chi connectivity index (χ4n) is 10.0. The van der Waals surface area contributed by atoms with Crippen molar-refractivity contribution in [1.82, 2.24) is 9.13 Å². The Morgan fingerprint density at radius 3 is 1.56 bits per heavy atom. The molecule has 0 amide bonds. The van der Waals surface area contributed by atoms with Crippen LogP contribution in [0.2, 0.25) is 0 Å². The summed E-state index contributed by atoms with van der Waals surface area (Å²) in [5.41, 5.74) is 16.8. The van der Waals surface area contributed by atoms with Crippen LogP contribution in [0.4, 0.5) is 0 Å². The number of hydrogen-bond donors (Lipinski definition) is 0. The van der Waals surface area contributed by atoms with Crippen molar-refractivity contribution < 1.29 is 0 Å². The molecule has 63 heavy (non-hydrogen) atoms. The molecule has 3 aromatic heterocycles. The lowest BCUT2D eigenvalue weighted by molar-refractivity contribution is 1.18. The van der Waals surface area contributed by atoms with E-state index in [9.17, 15) is 0 Å². The molecule has 0 atom stereocenters. The maximum absolute atomic E-state index is 2.47. The molecule has 0 aliphatic rings. The molecule has 0 spiro atoms. The van der Waals surface area contributed by atoms with E-state index >= 15 is 0 Å². The molecule has 0 bridgehead atoms. The summed E-state index contributed by atoms with van der Waals surface area (Å²) < 4.78 is 7.53. The summed E-state index contributed by atoms with van der Waals surface area (Å²) in [6.45, 7) is 0. The molecular weight excluding hydrogens is 781 g/mol. The fraction of sp³-hybridized carbons (Fsp3) is 0. The molecule has 0 N–H and O–H groups in total. The van der Waals surface area contributed by atoms with Crippen molar-refractivity contribution in [3.8, 4) is 55.9 Å². The van der Waals surface area contributed by atoms with Crippen LogP contribution in [0, 0.1) is 0 Å².